The lowest BCUT2D eigenvalue weighted by atomic mass is 9.92. The van der Waals surface area contributed by atoms with Gasteiger partial charge in [-0.2, -0.15) is 0 Å². The summed E-state index contributed by atoms with van der Waals surface area (Å²) in [4.78, 5) is 26.3. The molecular formula is C26H31NO6. The molecule has 5 atom stereocenters. The molecule has 0 saturated heterocycles. The van der Waals surface area contributed by atoms with Gasteiger partial charge in [0.25, 0.3) is 5.91 Å². The Hall–Kier alpha value is -2.64. The monoisotopic (exact) mass is 453 g/mol. The molecule has 2 aromatic rings. The molecule has 5 rings (SSSR count). The molecule has 2 N–H and O–H groups in total. The predicted octanol–water partition coefficient (Wildman–Crippen LogP) is 3.60. The summed E-state index contributed by atoms with van der Waals surface area (Å²) in [5.41, 5.74) is 0.923. The van der Waals surface area contributed by atoms with E-state index in [9.17, 15) is 9.59 Å². The molecule has 7 heteroatoms. The molecule has 5 unspecified atom stereocenters. The van der Waals surface area contributed by atoms with E-state index in [1.54, 1.807) is 18.2 Å². The van der Waals surface area contributed by atoms with Crippen molar-refractivity contribution in [2.75, 3.05) is 13.2 Å². The number of carbonyl (C=O) groups is 1. The Morgan fingerprint density at radius 2 is 2.03 bits per heavy atom. The zero-order valence-corrected chi connectivity index (χ0v) is 18.7. The first-order chi connectivity index (χ1) is 16.1. The van der Waals surface area contributed by atoms with Crippen LogP contribution in [0.5, 0.6) is 0 Å². The van der Waals surface area contributed by atoms with Crippen LogP contribution >= 0.6 is 0 Å². The van der Waals surface area contributed by atoms with Crippen LogP contribution in [-0.2, 0) is 14.3 Å². The molecule has 2 heterocycles. The molecule has 2 aliphatic carbocycles. The molecule has 33 heavy (non-hydrogen) atoms. The number of allylic oxidation sites excluding steroid dienone is 1. The van der Waals surface area contributed by atoms with E-state index in [0.717, 1.165) is 12.3 Å². The number of nitrogens with one attached hydrogen (secondary N) is 1. The van der Waals surface area contributed by atoms with Crippen LogP contribution in [0.4, 0.5) is 0 Å². The van der Waals surface area contributed by atoms with Crippen LogP contribution < -0.4 is 10.7 Å². The second kappa shape index (κ2) is 9.69. The minimum Gasteiger partial charge on any atom is -0.464 e. The van der Waals surface area contributed by atoms with Crippen molar-refractivity contribution in [1.82, 2.24) is 5.32 Å². The van der Waals surface area contributed by atoms with Crippen molar-refractivity contribution in [3.63, 3.8) is 0 Å². The van der Waals surface area contributed by atoms with E-state index in [4.69, 9.17) is 19.0 Å². The first kappa shape index (κ1) is 22.2. The molecule has 2 bridgehead atoms. The van der Waals surface area contributed by atoms with Crippen LogP contribution in [-0.4, -0.2) is 36.6 Å². The standard InChI is InChI=1S/C26H31NO6/c28-9-3-4-10-31-24-14-18(20-15-32-22-6-2-1-5-19(22)25(20)29)13-23(33-24)26(30)27-21-12-16-7-8-17(21)11-16/h1-2,5-6,13,15-18,21,24,28H,3-4,7-12,14H2,(H,27,30). The summed E-state index contributed by atoms with van der Waals surface area (Å²) >= 11 is 0. The highest BCUT2D eigenvalue weighted by atomic mass is 16.7. The molecule has 7 nitrogen and oxygen atoms in total. The normalized spacial score (nSPS) is 28.5. The van der Waals surface area contributed by atoms with E-state index >= 15 is 0 Å². The highest BCUT2D eigenvalue weighted by molar-refractivity contribution is 5.92. The van der Waals surface area contributed by atoms with Crippen molar-refractivity contribution in [2.24, 2.45) is 11.8 Å². The quantitative estimate of drug-likeness (QED) is 0.593. The SMILES string of the molecule is O=C(NC1CC2CCC1C2)C1=CC(c2coc3ccccc3c2=O)CC(OCCCCO)O1. The Kier molecular flexibility index (Phi) is 6.51. The van der Waals surface area contributed by atoms with E-state index in [2.05, 4.69) is 5.32 Å². The number of benzene rings is 1. The minimum atomic E-state index is -0.648. The lowest BCUT2D eigenvalue weighted by molar-refractivity contribution is -0.147. The number of amides is 1. The van der Waals surface area contributed by atoms with E-state index in [0.29, 0.717) is 48.3 Å². The lowest BCUT2D eigenvalue weighted by Gasteiger charge is -2.30. The predicted molar refractivity (Wildman–Crippen MR) is 122 cm³/mol. The van der Waals surface area contributed by atoms with Crippen molar-refractivity contribution >= 4 is 16.9 Å². The van der Waals surface area contributed by atoms with Crippen LogP contribution in [0.25, 0.3) is 11.0 Å². The molecular weight excluding hydrogens is 422 g/mol. The van der Waals surface area contributed by atoms with E-state index in [-0.39, 0.29) is 35.7 Å². The molecule has 176 valence electrons. The summed E-state index contributed by atoms with van der Waals surface area (Å²) in [6.45, 7) is 0.512. The fourth-order valence-corrected chi connectivity index (χ4v) is 5.57. The smallest absolute Gasteiger partial charge is 0.286 e. The number of unbranched alkanes of at least 4 members (excludes halogenated alkanes) is 1. The van der Waals surface area contributed by atoms with Gasteiger partial charge in [0.05, 0.1) is 18.3 Å². The van der Waals surface area contributed by atoms with Gasteiger partial charge in [0, 0.05) is 30.6 Å². The maximum atomic E-state index is 13.2. The zero-order chi connectivity index (χ0) is 22.8. The summed E-state index contributed by atoms with van der Waals surface area (Å²) < 4.78 is 17.5. The third-order valence-corrected chi connectivity index (χ3v) is 7.30. The van der Waals surface area contributed by atoms with E-state index in [1.807, 2.05) is 12.1 Å². The highest BCUT2D eigenvalue weighted by Gasteiger charge is 2.41. The number of aliphatic hydroxyl groups is 1. The second-order valence-corrected chi connectivity index (χ2v) is 9.49. The summed E-state index contributed by atoms with van der Waals surface area (Å²) in [7, 11) is 0. The van der Waals surface area contributed by atoms with Gasteiger partial charge in [0.15, 0.2) is 11.2 Å². The van der Waals surface area contributed by atoms with Gasteiger partial charge in [-0.1, -0.05) is 18.6 Å². The number of aliphatic hydroxyl groups excluding tert-OH is 1. The van der Waals surface area contributed by atoms with Crippen molar-refractivity contribution in [3.8, 4) is 0 Å². The lowest BCUT2D eigenvalue weighted by Crippen LogP contribution is -2.41. The maximum Gasteiger partial charge on any atom is 0.286 e. The summed E-state index contributed by atoms with van der Waals surface area (Å²) in [6.07, 6.45) is 8.98. The van der Waals surface area contributed by atoms with Crippen LogP contribution in [0.3, 0.4) is 0 Å². The fourth-order valence-electron chi connectivity index (χ4n) is 5.57. The third kappa shape index (κ3) is 4.70. The Morgan fingerprint density at radius 1 is 1.15 bits per heavy atom. The number of ether oxygens (including phenoxy) is 2. The average molecular weight is 454 g/mol. The van der Waals surface area contributed by atoms with Crippen molar-refractivity contribution in [2.45, 2.75) is 63.2 Å². The fraction of sp³-hybridized carbons (Fsp3) is 0.538. The molecule has 0 radical (unpaired) electrons. The van der Waals surface area contributed by atoms with E-state index < -0.39 is 6.29 Å². The summed E-state index contributed by atoms with van der Waals surface area (Å²) in [5.74, 6) is 0.875. The Balaban J connectivity index is 1.38. The molecule has 1 aromatic heterocycles. The van der Waals surface area contributed by atoms with Crippen molar-refractivity contribution in [3.05, 3.63) is 58.2 Å². The van der Waals surface area contributed by atoms with Gasteiger partial charge in [-0.05, 0) is 62.1 Å². The molecule has 1 aromatic carbocycles. The Labute approximate surface area is 192 Å². The molecule has 2 fully saturated rings. The van der Waals surface area contributed by atoms with Crippen LogP contribution in [0, 0.1) is 11.8 Å². The number of fused-ring (bicyclic) bond motifs is 3. The summed E-state index contributed by atoms with van der Waals surface area (Å²) in [5, 5.41) is 12.7. The molecule has 1 aliphatic heterocycles. The first-order valence-electron chi connectivity index (χ1n) is 12.0. The zero-order valence-electron chi connectivity index (χ0n) is 18.7. The number of carbonyl (C=O) groups excluding carboxylic acids is 1. The Bertz CT molecular complexity index is 1090. The van der Waals surface area contributed by atoms with Crippen molar-refractivity contribution in [1.29, 1.82) is 0 Å². The van der Waals surface area contributed by atoms with Gasteiger partial charge in [0.2, 0.25) is 6.29 Å². The first-order valence-corrected chi connectivity index (χ1v) is 12.0. The second-order valence-electron chi connectivity index (χ2n) is 9.49. The third-order valence-electron chi connectivity index (χ3n) is 7.30. The number of hydrogen-bond acceptors (Lipinski definition) is 6. The van der Waals surface area contributed by atoms with Gasteiger partial charge in [-0.15, -0.1) is 0 Å². The van der Waals surface area contributed by atoms with Crippen LogP contribution in [0.15, 0.2) is 51.6 Å². The molecule has 1 amide bonds. The number of rotatable bonds is 8. The van der Waals surface area contributed by atoms with Crippen LogP contribution in [0.2, 0.25) is 0 Å². The number of para-hydroxylation sites is 1. The van der Waals surface area contributed by atoms with Gasteiger partial charge >= 0.3 is 0 Å². The van der Waals surface area contributed by atoms with Gasteiger partial charge in [-0.3, -0.25) is 9.59 Å². The largest absolute Gasteiger partial charge is 0.464 e. The van der Waals surface area contributed by atoms with Crippen molar-refractivity contribution < 1.29 is 23.8 Å². The minimum absolute atomic E-state index is 0.104. The Morgan fingerprint density at radius 3 is 2.82 bits per heavy atom. The average Bonchev–Trinajstić information content (AvgIpc) is 3.45. The topological polar surface area (TPSA) is 98.0 Å². The maximum absolute atomic E-state index is 13.2. The van der Waals surface area contributed by atoms with Gasteiger partial charge in [0.1, 0.15) is 5.58 Å². The van der Waals surface area contributed by atoms with Crippen LogP contribution in [0.1, 0.15) is 56.4 Å². The summed E-state index contributed by atoms with van der Waals surface area (Å²) in [6, 6.07) is 7.34. The molecule has 2 saturated carbocycles. The molecule has 3 aliphatic rings. The van der Waals surface area contributed by atoms with Gasteiger partial charge < -0.3 is 24.3 Å². The number of hydrogen-bond donors (Lipinski definition) is 2. The highest BCUT2D eigenvalue weighted by Crippen LogP contribution is 2.44. The molecule has 0 spiro atoms. The van der Waals surface area contributed by atoms with Gasteiger partial charge in [-0.25, -0.2) is 0 Å². The van der Waals surface area contributed by atoms with E-state index in [1.165, 1.54) is 25.5 Å².